The Labute approximate surface area is 197 Å². The summed E-state index contributed by atoms with van der Waals surface area (Å²) < 4.78 is 60.7. The molecule has 0 amide bonds. The quantitative estimate of drug-likeness (QED) is 0.365. The Morgan fingerprint density at radius 3 is 2.35 bits per heavy atom. The van der Waals surface area contributed by atoms with E-state index in [2.05, 4.69) is 4.74 Å². The highest BCUT2D eigenvalue weighted by Crippen LogP contribution is 2.25. The van der Waals surface area contributed by atoms with Crippen LogP contribution < -0.4 is 4.74 Å². The lowest BCUT2D eigenvalue weighted by Crippen LogP contribution is -2.34. The second-order valence-electron chi connectivity index (χ2n) is 8.57. The minimum absolute atomic E-state index is 0.114. The molecule has 0 spiro atoms. The molecule has 0 bridgehead atoms. The Hall–Kier alpha value is -2.61. The van der Waals surface area contributed by atoms with E-state index in [1.165, 1.54) is 12.1 Å². The van der Waals surface area contributed by atoms with E-state index >= 15 is 4.39 Å². The van der Waals surface area contributed by atoms with Gasteiger partial charge in [0, 0.05) is 24.8 Å². The van der Waals surface area contributed by atoms with Crippen LogP contribution >= 0.6 is 0 Å². The van der Waals surface area contributed by atoms with Gasteiger partial charge in [0.25, 0.3) is 0 Å². The van der Waals surface area contributed by atoms with Crippen molar-refractivity contribution in [3.63, 3.8) is 0 Å². The zero-order valence-corrected chi connectivity index (χ0v) is 19.1. The molecule has 3 aromatic rings. The Morgan fingerprint density at radius 1 is 0.912 bits per heavy atom. The summed E-state index contributed by atoms with van der Waals surface area (Å²) in [5.74, 6) is 0.172. The topological polar surface area (TPSA) is 36.9 Å². The minimum Gasteiger partial charge on any atom is -0.435 e. The first-order valence-corrected chi connectivity index (χ1v) is 11.5. The summed E-state index contributed by atoms with van der Waals surface area (Å²) in [7, 11) is 1.67. The smallest absolute Gasteiger partial charge is 0.387 e. The predicted molar refractivity (Wildman–Crippen MR) is 124 cm³/mol. The first kappa shape index (κ1) is 24.5. The van der Waals surface area contributed by atoms with E-state index < -0.39 is 6.61 Å². The van der Waals surface area contributed by atoms with E-state index in [1.54, 1.807) is 19.2 Å². The van der Waals surface area contributed by atoms with Gasteiger partial charge in [-0.25, -0.2) is 4.39 Å². The predicted octanol–water partition coefficient (Wildman–Crippen LogP) is 5.93. The summed E-state index contributed by atoms with van der Waals surface area (Å²) in [5, 5.41) is 1.45. The van der Waals surface area contributed by atoms with E-state index in [1.807, 2.05) is 30.3 Å². The van der Waals surface area contributed by atoms with Gasteiger partial charge in [-0.2, -0.15) is 8.78 Å². The Morgan fingerprint density at radius 2 is 1.65 bits per heavy atom. The van der Waals surface area contributed by atoms with Crippen LogP contribution in [0, 0.1) is 11.7 Å². The average Bonchev–Trinajstić information content (AvgIpc) is 2.84. The van der Waals surface area contributed by atoms with Crippen LogP contribution in [0.1, 0.15) is 23.1 Å². The van der Waals surface area contributed by atoms with Gasteiger partial charge in [-0.15, -0.1) is 0 Å². The molecular formula is C27H29F3O4. The second-order valence-corrected chi connectivity index (χ2v) is 8.57. The van der Waals surface area contributed by atoms with E-state index in [0.717, 1.165) is 29.4 Å². The third kappa shape index (κ3) is 6.50. The van der Waals surface area contributed by atoms with Gasteiger partial charge in [-0.3, -0.25) is 0 Å². The van der Waals surface area contributed by atoms with Crippen LogP contribution in [-0.4, -0.2) is 39.8 Å². The highest BCUT2D eigenvalue weighted by Gasteiger charge is 2.22. The van der Waals surface area contributed by atoms with Crippen LogP contribution in [0.15, 0.2) is 54.6 Å². The Bertz CT molecular complexity index is 1060. The molecule has 0 saturated carbocycles. The van der Waals surface area contributed by atoms with Gasteiger partial charge in [0.15, 0.2) is 6.29 Å². The van der Waals surface area contributed by atoms with E-state index in [9.17, 15) is 8.78 Å². The number of fused-ring (bicyclic) bond motifs is 1. The van der Waals surface area contributed by atoms with Crippen LogP contribution in [0.5, 0.6) is 5.75 Å². The maximum absolute atomic E-state index is 15.1. The number of halogens is 3. The first-order valence-electron chi connectivity index (χ1n) is 11.5. The van der Waals surface area contributed by atoms with E-state index in [4.69, 9.17) is 14.2 Å². The fourth-order valence-corrected chi connectivity index (χ4v) is 4.22. The van der Waals surface area contributed by atoms with Crippen molar-refractivity contribution < 1.29 is 32.1 Å². The number of hydrogen-bond donors (Lipinski definition) is 0. The maximum Gasteiger partial charge on any atom is 0.387 e. The number of aryl methyl sites for hydroxylation is 3. The van der Waals surface area contributed by atoms with Crippen molar-refractivity contribution in [2.24, 2.45) is 5.92 Å². The molecule has 1 heterocycles. The van der Waals surface area contributed by atoms with Crippen LogP contribution in [0.25, 0.3) is 10.8 Å². The van der Waals surface area contributed by atoms with Gasteiger partial charge in [0.1, 0.15) is 11.6 Å². The largest absolute Gasteiger partial charge is 0.435 e. The van der Waals surface area contributed by atoms with Gasteiger partial charge < -0.3 is 18.9 Å². The molecule has 182 valence electrons. The number of ether oxygens (including phenoxy) is 4. The lowest BCUT2D eigenvalue weighted by molar-refractivity contribution is -0.208. The molecule has 0 radical (unpaired) electrons. The molecule has 1 aliphatic heterocycles. The summed E-state index contributed by atoms with van der Waals surface area (Å²) in [4.78, 5) is 0. The zero-order valence-electron chi connectivity index (χ0n) is 19.1. The highest BCUT2D eigenvalue weighted by atomic mass is 19.3. The molecule has 1 fully saturated rings. The van der Waals surface area contributed by atoms with Crippen molar-refractivity contribution in [3.8, 4) is 5.75 Å². The molecule has 0 N–H and O–H groups in total. The van der Waals surface area contributed by atoms with Crippen LogP contribution in [0.2, 0.25) is 0 Å². The average molecular weight is 475 g/mol. The molecule has 0 unspecified atom stereocenters. The van der Waals surface area contributed by atoms with Crippen LogP contribution in [-0.2, 0) is 33.5 Å². The molecule has 0 aromatic heterocycles. The summed E-state index contributed by atoms with van der Waals surface area (Å²) in [6.07, 6.45) is 2.41. The summed E-state index contributed by atoms with van der Waals surface area (Å²) in [5.41, 5.74) is 2.66. The van der Waals surface area contributed by atoms with Gasteiger partial charge in [-0.1, -0.05) is 42.5 Å². The molecule has 1 saturated heterocycles. The van der Waals surface area contributed by atoms with E-state index in [0.29, 0.717) is 43.6 Å². The molecule has 7 heteroatoms. The molecule has 0 atom stereocenters. The molecule has 1 aliphatic rings. The second kappa shape index (κ2) is 11.7. The fraction of sp³-hybridized carbons (Fsp3) is 0.407. The van der Waals surface area contributed by atoms with Crippen molar-refractivity contribution in [2.45, 2.75) is 38.6 Å². The third-order valence-electron chi connectivity index (χ3n) is 6.04. The van der Waals surface area contributed by atoms with Crippen molar-refractivity contribution in [3.05, 3.63) is 77.1 Å². The standard InChI is InChI=1S/C27H29F3O4/c1-31-15-20-16-32-25(33-17-20)13-6-19-5-12-24-22(14-19)9-8-21(26(24)28)7-2-18-3-10-23(11-4-18)34-27(29)30/h3-5,8-12,14,20,25,27H,2,6-7,13,15-17H2,1H3. The normalized spacial score (nSPS) is 18.5. The summed E-state index contributed by atoms with van der Waals surface area (Å²) in [6, 6.07) is 16.0. The van der Waals surface area contributed by atoms with Crippen molar-refractivity contribution in [2.75, 3.05) is 26.9 Å². The van der Waals surface area contributed by atoms with Gasteiger partial charge in [0.05, 0.1) is 19.8 Å². The third-order valence-corrected chi connectivity index (χ3v) is 6.04. The van der Waals surface area contributed by atoms with Gasteiger partial charge in [-0.05, 0) is 53.5 Å². The minimum atomic E-state index is -2.85. The number of hydrogen-bond acceptors (Lipinski definition) is 4. The lowest BCUT2D eigenvalue weighted by atomic mass is 9.98. The van der Waals surface area contributed by atoms with Crippen molar-refractivity contribution >= 4 is 10.8 Å². The highest BCUT2D eigenvalue weighted by molar-refractivity contribution is 5.84. The number of rotatable bonds is 10. The molecule has 0 aliphatic carbocycles. The SMILES string of the molecule is COCC1COC(CCc2ccc3c(F)c(CCc4ccc(OC(F)F)cc4)ccc3c2)OC1. The molecule has 34 heavy (non-hydrogen) atoms. The van der Waals surface area contributed by atoms with Gasteiger partial charge in [0.2, 0.25) is 0 Å². The summed E-state index contributed by atoms with van der Waals surface area (Å²) >= 11 is 0. The maximum atomic E-state index is 15.1. The molecular weight excluding hydrogens is 445 g/mol. The lowest BCUT2D eigenvalue weighted by Gasteiger charge is -2.29. The monoisotopic (exact) mass is 474 g/mol. The molecule has 4 nitrogen and oxygen atoms in total. The van der Waals surface area contributed by atoms with Crippen molar-refractivity contribution in [1.82, 2.24) is 0 Å². The number of benzene rings is 3. The van der Waals surface area contributed by atoms with Crippen molar-refractivity contribution in [1.29, 1.82) is 0 Å². The molecule has 3 aromatic carbocycles. The zero-order chi connectivity index (χ0) is 23.9. The van der Waals surface area contributed by atoms with Crippen LogP contribution in [0.3, 0.4) is 0 Å². The number of alkyl halides is 2. The Balaban J connectivity index is 1.33. The Kier molecular flexibility index (Phi) is 8.43. The number of methoxy groups -OCH3 is 1. The first-order chi connectivity index (χ1) is 16.5. The van der Waals surface area contributed by atoms with Gasteiger partial charge >= 0.3 is 6.61 Å². The fourth-order valence-electron chi connectivity index (χ4n) is 4.22. The summed E-state index contributed by atoms with van der Waals surface area (Å²) in [6.45, 7) is -0.941. The van der Waals surface area contributed by atoms with E-state index in [-0.39, 0.29) is 23.8 Å². The molecule has 4 rings (SSSR count). The van der Waals surface area contributed by atoms with Crippen LogP contribution in [0.4, 0.5) is 13.2 Å².